The maximum Gasteiger partial charge on any atom is 0.327 e. The Balaban J connectivity index is 2.62. The lowest BCUT2D eigenvalue weighted by atomic mass is 9.91. The lowest BCUT2D eigenvalue weighted by Gasteiger charge is -2.22. The number of carboxylic acids is 5. The first-order chi connectivity index (χ1) is 35.5. The topological polar surface area (TPSA) is 457 Å². The number of ether oxygens (including phenoxy) is 1. The highest BCUT2D eigenvalue weighted by Gasteiger charge is 2.31. The summed E-state index contributed by atoms with van der Waals surface area (Å²) in [5, 5.41) is 60.7. The Morgan fingerprint density at radius 2 is 1.20 bits per heavy atom. The molecule has 418 valence electrons. The highest BCUT2D eigenvalue weighted by molar-refractivity contribution is 7.80. The minimum Gasteiger partial charge on any atom is -0.481 e. The van der Waals surface area contributed by atoms with Crippen LogP contribution in [0.4, 0.5) is 4.79 Å². The van der Waals surface area contributed by atoms with Crippen LogP contribution < -0.4 is 43.4 Å². The third-order valence-electron chi connectivity index (χ3n) is 11.4. The first kappa shape index (κ1) is 66.0. The fraction of sp³-hybridized carbons (Fsp3) is 0.596. The average Bonchev–Trinajstić information content (AvgIpc) is 3.35. The number of hydrogen-bond acceptors (Lipinski definition) is 18. The first-order valence-electron chi connectivity index (χ1n) is 24.1. The molecular weight excluding hydrogens is 1010 g/mol. The smallest absolute Gasteiger partial charge is 0.327 e. The predicted octanol–water partition coefficient (Wildman–Crippen LogP) is -0.987. The zero-order valence-corrected chi connectivity index (χ0v) is 42.2. The average molecular weight is 1080 g/mol. The van der Waals surface area contributed by atoms with E-state index in [0.717, 1.165) is 6.42 Å². The Morgan fingerprint density at radius 3 is 1.77 bits per heavy atom. The molecule has 0 aliphatic heterocycles. The van der Waals surface area contributed by atoms with E-state index in [2.05, 4.69) is 49.3 Å². The Hall–Kier alpha value is -7.04. The number of nitrogens with one attached hydrogen (secondary N) is 6. The van der Waals surface area contributed by atoms with Gasteiger partial charge in [0.1, 0.15) is 17.9 Å². The molecule has 15 N–H and O–H groups in total. The van der Waals surface area contributed by atoms with E-state index in [4.69, 9.17) is 21.7 Å². The van der Waals surface area contributed by atoms with Crippen molar-refractivity contribution in [2.24, 2.45) is 17.4 Å². The number of urea groups is 1. The molecule has 5 amide bonds. The molecule has 0 aromatic heterocycles. The molecule has 8 atom stereocenters. The predicted molar refractivity (Wildman–Crippen MR) is 266 cm³/mol. The van der Waals surface area contributed by atoms with E-state index in [9.17, 15) is 77.6 Å². The quantitative estimate of drug-likeness (QED) is 0.0162. The number of rotatable bonds is 43. The Labute approximate surface area is 437 Å². The molecule has 0 radical (unpaired) electrons. The molecule has 1 aromatic carbocycles. The summed E-state index contributed by atoms with van der Waals surface area (Å²) >= 11 is 3.84. The number of amides is 5. The first-order valence-corrected chi connectivity index (χ1v) is 24.7. The standard InChI is InChI=1S/C47H70N8O19S/c48-30(23-50-34(22-41(63)64)43(66)53-35(25-75)46(71)72)42(65)31(49)24-51-37(59)17-14-28(44(67)68)21-36(58)33(20-27-10-6-5-7-11-27)52-38(60)13-9-4-2-1-3-8-12-29(57)15-16-32(45(69)70)54-47(73)55-39(74-26-56)18-19-40(61)62/h5-7,10-11,26,28,30-35,39,50,75H,1-4,8-9,12-25,48-49H2,(H,51,59)(H,52,60)(H,53,66)(H,61,62)(H,63,64)(H,67,68)(H,69,70)(H,71,72)(H2,54,55,73)/t28-,30?,31+,32+,33+,34+,35+,39-/m1/s1. The molecule has 0 aliphatic carbocycles. The molecule has 0 aliphatic rings. The molecule has 0 bridgehead atoms. The van der Waals surface area contributed by atoms with Gasteiger partial charge in [0.25, 0.3) is 6.47 Å². The van der Waals surface area contributed by atoms with Gasteiger partial charge in [0.05, 0.1) is 42.9 Å². The van der Waals surface area contributed by atoms with Crippen LogP contribution in [0.5, 0.6) is 0 Å². The third-order valence-corrected chi connectivity index (χ3v) is 11.8. The Kier molecular flexibility index (Phi) is 32.4. The molecule has 0 fully saturated rings. The van der Waals surface area contributed by atoms with E-state index >= 15 is 0 Å². The van der Waals surface area contributed by atoms with Crippen LogP contribution in [0, 0.1) is 5.92 Å². The molecular formula is C47H70N8O19S. The number of carboxylic acid groups (broad SMARTS) is 5. The van der Waals surface area contributed by atoms with E-state index in [1.807, 2.05) is 0 Å². The van der Waals surface area contributed by atoms with Gasteiger partial charge in [-0.3, -0.25) is 47.9 Å². The van der Waals surface area contributed by atoms with Crippen LogP contribution in [-0.4, -0.2) is 164 Å². The molecule has 1 rings (SSSR count). The van der Waals surface area contributed by atoms with Crippen molar-refractivity contribution >= 4 is 90.0 Å². The van der Waals surface area contributed by atoms with Gasteiger partial charge in [0.15, 0.2) is 17.8 Å². The normalized spacial score (nSPS) is 14.1. The minimum atomic E-state index is -1.48. The van der Waals surface area contributed by atoms with E-state index in [-0.39, 0.29) is 63.0 Å². The van der Waals surface area contributed by atoms with Crippen molar-refractivity contribution in [2.75, 3.05) is 18.8 Å². The van der Waals surface area contributed by atoms with Crippen molar-refractivity contribution < 1.29 is 92.6 Å². The van der Waals surface area contributed by atoms with Gasteiger partial charge < -0.3 is 73.6 Å². The molecule has 27 nitrogen and oxygen atoms in total. The maximum atomic E-state index is 13.6. The highest BCUT2D eigenvalue weighted by Crippen LogP contribution is 2.17. The molecule has 0 saturated heterocycles. The number of thiol groups is 1. The summed E-state index contributed by atoms with van der Waals surface area (Å²) in [7, 11) is 0. The van der Waals surface area contributed by atoms with Crippen LogP contribution in [-0.2, 0) is 68.7 Å². The van der Waals surface area contributed by atoms with Crippen LogP contribution in [0.25, 0.3) is 0 Å². The van der Waals surface area contributed by atoms with E-state index in [1.165, 1.54) is 0 Å². The van der Waals surface area contributed by atoms with Crippen molar-refractivity contribution in [3.63, 3.8) is 0 Å². The monoisotopic (exact) mass is 1080 g/mol. The number of nitrogens with two attached hydrogens (primary N) is 2. The van der Waals surface area contributed by atoms with Gasteiger partial charge in [0.2, 0.25) is 17.7 Å². The fourth-order valence-corrected chi connectivity index (χ4v) is 7.40. The van der Waals surface area contributed by atoms with Gasteiger partial charge >= 0.3 is 35.9 Å². The molecule has 1 unspecified atom stereocenters. The number of benzene rings is 1. The van der Waals surface area contributed by atoms with Crippen LogP contribution in [0.3, 0.4) is 0 Å². The van der Waals surface area contributed by atoms with Gasteiger partial charge in [-0.05, 0) is 37.7 Å². The molecule has 75 heavy (non-hydrogen) atoms. The van der Waals surface area contributed by atoms with Gasteiger partial charge in [-0.1, -0.05) is 56.0 Å². The van der Waals surface area contributed by atoms with Crippen molar-refractivity contribution in [3.05, 3.63) is 35.9 Å². The number of aliphatic carboxylic acids is 5. The zero-order valence-electron chi connectivity index (χ0n) is 41.3. The lowest BCUT2D eigenvalue weighted by molar-refractivity contribution is -0.144. The molecule has 0 heterocycles. The van der Waals surface area contributed by atoms with Crippen LogP contribution >= 0.6 is 12.6 Å². The lowest BCUT2D eigenvalue weighted by Crippen LogP contribution is -2.56. The van der Waals surface area contributed by atoms with Crippen LogP contribution in [0.1, 0.15) is 108 Å². The summed E-state index contributed by atoms with van der Waals surface area (Å²) in [5.41, 5.74) is 12.5. The molecule has 0 saturated carbocycles. The van der Waals surface area contributed by atoms with Crippen molar-refractivity contribution in [1.29, 1.82) is 0 Å². The largest absolute Gasteiger partial charge is 0.481 e. The van der Waals surface area contributed by atoms with E-state index < -0.39 is 152 Å². The summed E-state index contributed by atoms with van der Waals surface area (Å²) in [4.78, 5) is 157. The second-order valence-corrected chi connectivity index (χ2v) is 17.8. The second kappa shape index (κ2) is 36.8. The Bertz CT molecular complexity index is 2100. The van der Waals surface area contributed by atoms with Crippen molar-refractivity contribution in [1.82, 2.24) is 31.9 Å². The summed E-state index contributed by atoms with van der Waals surface area (Å²) < 4.78 is 4.61. The Morgan fingerprint density at radius 1 is 0.587 bits per heavy atom. The minimum absolute atomic E-state index is 0.00473. The summed E-state index contributed by atoms with van der Waals surface area (Å²) in [6.07, 6.45) is -0.390. The van der Waals surface area contributed by atoms with Gasteiger partial charge in [-0.2, -0.15) is 12.6 Å². The molecule has 28 heteroatoms. The summed E-state index contributed by atoms with van der Waals surface area (Å²) in [6, 6.07) is -0.565. The van der Waals surface area contributed by atoms with E-state index in [1.54, 1.807) is 30.3 Å². The zero-order chi connectivity index (χ0) is 56.5. The fourth-order valence-electron chi connectivity index (χ4n) is 7.16. The van der Waals surface area contributed by atoms with Crippen LogP contribution in [0.15, 0.2) is 30.3 Å². The number of Topliss-reactive ketones (excluding diaryl/α,β-unsaturated/α-hetero) is 3. The van der Waals surface area contributed by atoms with Gasteiger partial charge in [-0.25, -0.2) is 14.4 Å². The van der Waals surface area contributed by atoms with Gasteiger partial charge in [-0.15, -0.1) is 0 Å². The highest BCUT2D eigenvalue weighted by atomic mass is 32.1. The number of hydrogen-bond donors (Lipinski definition) is 14. The number of carbonyl (C=O) groups excluding carboxylic acids is 8. The second-order valence-electron chi connectivity index (χ2n) is 17.5. The maximum absolute atomic E-state index is 13.6. The molecule has 1 aromatic rings. The number of unbranched alkanes of at least 4 members (excludes halogenated alkanes) is 5. The number of carbonyl (C=O) groups is 13. The van der Waals surface area contributed by atoms with Crippen LogP contribution in [0.2, 0.25) is 0 Å². The summed E-state index contributed by atoms with van der Waals surface area (Å²) in [6.45, 7) is -0.893. The van der Waals surface area contributed by atoms with Crippen molar-refractivity contribution in [2.45, 2.75) is 152 Å². The van der Waals surface area contributed by atoms with E-state index in [0.29, 0.717) is 37.7 Å². The molecule has 0 spiro atoms. The van der Waals surface area contributed by atoms with Gasteiger partial charge in [0, 0.05) is 57.4 Å². The van der Waals surface area contributed by atoms with Crippen molar-refractivity contribution in [3.8, 4) is 0 Å². The third kappa shape index (κ3) is 29.4. The summed E-state index contributed by atoms with van der Waals surface area (Å²) in [5.74, 6) is -12.2. The SMILES string of the molecule is NC(CN[C@@H](CC(=O)O)C(=O)N[C@@H](CS)C(=O)O)C(=O)[C@@H](N)CNC(=O)CC[C@H](CC(=O)[C@H](Cc1ccccc1)NC(=O)CCCCCCCCC(=O)CC[C@H](NC(=O)N[C@@H](CCC(=O)O)OC=O)C(=O)O)C(=O)O. The number of ketones is 3.